The van der Waals surface area contributed by atoms with Crippen molar-refractivity contribution in [2.24, 2.45) is 0 Å². The molecule has 1 rings (SSSR count). The molecule has 6 heteroatoms. The van der Waals surface area contributed by atoms with Gasteiger partial charge >= 0.3 is 5.97 Å². The summed E-state index contributed by atoms with van der Waals surface area (Å²) in [6, 6.07) is 0. The number of nitrogens with one attached hydrogen (secondary N) is 1. The van der Waals surface area contributed by atoms with Gasteiger partial charge in [-0.05, 0) is 13.8 Å². The van der Waals surface area contributed by atoms with Gasteiger partial charge in [0, 0.05) is 6.42 Å². The lowest BCUT2D eigenvalue weighted by molar-refractivity contribution is -0.139. The van der Waals surface area contributed by atoms with Crippen molar-refractivity contribution in [2.75, 3.05) is 19.8 Å². The highest BCUT2D eigenvalue weighted by molar-refractivity contribution is 5.98. The molecule has 1 heterocycles. The second kappa shape index (κ2) is 6.90. The zero-order valence-corrected chi connectivity index (χ0v) is 10.6. The number of amides is 1. The van der Waals surface area contributed by atoms with Crippen LogP contribution in [0, 0.1) is 0 Å². The summed E-state index contributed by atoms with van der Waals surface area (Å²) < 4.78 is 10.1. The topological polar surface area (TPSA) is 81.7 Å². The first-order valence-corrected chi connectivity index (χ1v) is 5.80. The molecule has 0 aromatic rings. The van der Waals surface area contributed by atoms with Crippen LogP contribution in [0.4, 0.5) is 0 Å². The average molecular weight is 255 g/mol. The van der Waals surface area contributed by atoms with Crippen molar-refractivity contribution in [3.05, 3.63) is 11.3 Å². The van der Waals surface area contributed by atoms with E-state index in [1.165, 1.54) is 6.92 Å². The Morgan fingerprint density at radius 1 is 1.39 bits per heavy atom. The molecular weight excluding hydrogens is 238 g/mol. The summed E-state index contributed by atoms with van der Waals surface area (Å²) in [6.07, 6.45) is 0.189. The second-order valence-corrected chi connectivity index (χ2v) is 3.91. The molecule has 0 saturated heterocycles. The lowest BCUT2D eigenvalue weighted by Crippen LogP contribution is -2.32. The molecule has 0 aromatic heterocycles. The molecule has 0 unspecified atom stereocenters. The third-order valence-electron chi connectivity index (χ3n) is 2.33. The van der Waals surface area contributed by atoms with Gasteiger partial charge in [-0.2, -0.15) is 0 Å². The fraction of sp³-hybridized carbons (Fsp3) is 0.583. The largest absolute Gasteiger partial charge is 0.463 e. The molecule has 0 bridgehead atoms. The maximum atomic E-state index is 11.7. The summed E-state index contributed by atoms with van der Waals surface area (Å²) in [5.74, 6) is -1.12. The van der Waals surface area contributed by atoms with E-state index in [0.29, 0.717) is 24.3 Å². The van der Waals surface area contributed by atoms with Crippen molar-refractivity contribution in [2.45, 2.75) is 26.7 Å². The summed E-state index contributed by atoms with van der Waals surface area (Å²) in [7, 11) is 0. The highest BCUT2D eigenvalue weighted by Gasteiger charge is 2.22. The minimum absolute atomic E-state index is 0.151. The molecular formula is C12H17NO5. The fourth-order valence-electron chi connectivity index (χ4n) is 1.58. The smallest absolute Gasteiger partial charge is 0.335 e. The Morgan fingerprint density at radius 2 is 2.11 bits per heavy atom. The zero-order chi connectivity index (χ0) is 13.5. The minimum Gasteiger partial charge on any atom is -0.463 e. The van der Waals surface area contributed by atoms with E-state index in [1.807, 2.05) is 0 Å². The molecule has 0 aliphatic carbocycles. The van der Waals surface area contributed by atoms with Gasteiger partial charge in [-0.1, -0.05) is 0 Å². The monoisotopic (exact) mass is 255 g/mol. The Balaban J connectivity index is 2.76. The molecule has 0 spiro atoms. The van der Waals surface area contributed by atoms with Crippen LogP contribution in [0.5, 0.6) is 0 Å². The third kappa shape index (κ3) is 4.29. The Kier molecular flexibility index (Phi) is 5.51. The van der Waals surface area contributed by atoms with Crippen molar-refractivity contribution in [3.63, 3.8) is 0 Å². The number of rotatable bonds is 5. The van der Waals surface area contributed by atoms with Crippen molar-refractivity contribution in [3.8, 4) is 0 Å². The van der Waals surface area contributed by atoms with Gasteiger partial charge in [0.05, 0.1) is 37.5 Å². The van der Waals surface area contributed by atoms with E-state index in [0.717, 1.165) is 0 Å². The Labute approximate surface area is 105 Å². The van der Waals surface area contributed by atoms with Crippen LogP contribution in [-0.2, 0) is 23.9 Å². The van der Waals surface area contributed by atoms with Crippen LogP contribution in [0.25, 0.3) is 0 Å². The molecule has 6 nitrogen and oxygen atoms in total. The van der Waals surface area contributed by atoms with E-state index in [2.05, 4.69) is 5.32 Å². The number of carbonyl (C=O) groups is 3. The van der Waals surface area contributed by atoms with E-state index in [-0.39, 0.29) is 25.4 Å². The van der Waals surface area contributed by atoms with E-state index in [4.69, 9.17) is 9.47 Å². The number of hydrogen-bond acceptors (Lipinski definition) is 5. The zero-order valence-electron chi connectivity index (χ0n) is 10.6. The first kappa shape index (κ1) is 14.4. The second-order valence-electron chi connectivity index (χ2n) is 3.91. The summed E-state index contributed by atoms with van der Waals surface area (Å²) in [5.41, 5.74) is 0.811. The number of carbonyl (C=O) groups excluding carboxylic acids is 3. The fourth-order valence-corrected chi connectivity index (χ4v) is 1.58. The van der Waals surface area contributed by atoms with Crippen LogP contribution < -0.4 is 5.32 Å². The van der Waals surface area contributed by atoms with Crippen molar-refractivity contribution >= 4 is 17.7 Å². The average Bonchev–Trinajstić information content (AvgIpc) is 2.28. The molecule has 1 N–H and O–H groups in total. The lowest BCUT2D eigenvalue weighted by Gasteiger charge is -2.20. The Morgan fingerprint density at radius 3 is 2.72 bits per heavy atom. The number of hydrogen-bond donors (Lipinski definition) is 1. The van der Waals surface area contributed by atoms with Crippen LogP contribution in [-0.4, -0.2) is 37.5 Å². The molecule has 1 amide bonds. The van der Waals surface area contributed by atoms with Crippen molar-refractivity contribution in [1.82, 2.24) is 5.32 Å². The van der Waals surface area contributed by atoms with E-state index < -0.39 is 11.9 Å². The van der Waals surface area contributed by atoms with Gasteiger partial charge in [0.1, 0.15) is 5.78 Å². The van der Waals surface area contributed by atoms with Crippen molar-refractivity contribution < 1.29 is 23.9 Å². The highest BCUT2D eigenvalue weighted by Crippen LogP contribution is 2.15. The predicted octanol–water partition coefficient (Wildman–Crippen LogP) is 0.319. The van der Waals surface area contributed by atoms with Gasteiger partial charge in [-0.15, -0.1) is 0 Å². The van der Waals surface area contributed by atoms with Gasteiger partial charge in [0.25, 0.3) is 0 Å². The normalized spacial score (nSPS) is 15.2. The van der Waals surface area contributed by atoms with E-state index in [1.54, 1.807) is 6.92 Å². The lowest BCUT2D eigenvalue weighted by atomic mass is 10.1. The van der Waals surface area contributed by atoms with Crippen LogP contribution >= 0.6 is 0 Å². The van der Waals surface area contributed by atoms with E-state index >= 15 is 0 Å². The molecule has 0 aromatic carbocycles. The molecule has 1 aliphatic heterocycles. The number of ketones is 1. The first-order valence-electron chi connectivity index (χ1n) is 5.80. The summed E-state index contributed by atoms with van der Waals surface area (Å²) in [5, 5.41) is 2.53. The van der Waals surface area contributed by atoms with Crippen LogP contribution in [0.2, 0.25) is 0 Å². The van der Waals surface area contributed by atoms with Crippen LogP contribution in [0.15, 0.2) is 11.3 Å². The van der Waals surface area contributed by atoms with Gasteiger partial charge in [-0.25, -0.2) is 4.79 Å². The predicted molar refractivity (Wildman–Crippen MR) is 62.5 cm³/mol. The number of ether oxygens (including phenoxy) is 2. The van der Waals surface area contributed by atoms with Gasteiger partial charge in [0.15, 0.2) is 0 Å². The molecule has 0 fully saturated rings. The number of esters is 1. The molecule has 0 atom stereocenters. The Bertz CT molecular complexity index is 386. The van der Waals surface area contributed by atoms with Gasteiger partial charge in [0.2, 0.25) is 5.91 Å². The highest BCUT2D eigenvalue weighted by atomic mass is 16.5. The maximum Gasteiger partial charge on any atom is 0.335 e. The molecule has 100 valence electrons. The summed E-state index contributed by atoms with van der Waals surface area (Å²) in [6.45, 7) is 3.89. The standard InChI is InChI=1S/C12H17NO5/c1-3-18-12(16)9-4-5-17-7-10(9)13-11(15)6-8(2)14/h3-7H2,1-2H3,(H,13,15). The molecule has 0 radical (unpaired) electrons. The van der Waals surface area contributed by atoms with Crippen LogP contribution in [0.1, 0.15) is 26.7 Å². The summed E-state index contributed by atoms with van der Waals surface area (Å²) in [4.78, 5) is 33.9. The molecule has 0 saturated carbocycles. The quantitative estimate of drug-likeness (QED) is 0.565. The molecule has 18 heavy (non-hydrogen) atoms. The van der Waals surface area contributed by atoms with E-state index in [9.17, 15) is 14.4 Å². The summed E-state index contributed by atoms with van der Waals surface area (Å²) >= 11 is 0. The van der Waals surface area contributed by atoms with Crippen LogP contribution in [0.3, 0.4) is 0 Å². The van der Waals surface area contributed by atoms with Crippen molar-refractivity contribution in [1.29, 1.82) is 0 Å². The number of Topliss-reactive ketones (excluding diaryl/α,β-unsaturated/α-hetero) is 1. The Hall–Kier alpha value is -1.69. The minimum atomic E-state index is -0.445. The SMILES string of the molecule is CCOC(=O)C1=C(NC(=O)CC(C)=O)COCC1. The first-order chi connectivity index (χ1) is 8.54. The maximum absolute atomic E-state index is 11.7. The van der Waals surface area contributed by atoms with Gasteiger partial charge < -0.3 is 14.8 Å². The van der Waals surface area contributed by atoms with Gasteiger partial charge in [-0.3, -0.25) is 9.59 Å². The molecule has 1 aliphatic rings. The third-order valence-corrected chi connectivity index (χ3v) is 2.33.